The Morgan fingerprint density at radius 1 is 1.24 bits per heavy atom. The zero-order valence-electron chi connectivity index (χ0n) is 13.1. The summed E-state index contributed by atoms with van der Waals surface area (Å²) < 4.78 is 26.8. The second-order valence-electron chi connectivity index (χ2n) is 4.80. The molecule has 1 N–H and O–H groups in total. The van der Waals surface area contributed by atoms with E-state index < -0.39 is 26.6 Å². The SMILES string of the molecule is Cc1cc([N+](=O)[O-])c(NS(=O)(=O)c2cccc(C(=O)[O-])c2)cc1Cl.[Na+]. The predicted octanol–water partition coefficient (Wildman–Crippen LogP) is -1.28. The summed E-state index contributed by atoms with van der Waals surface area (Å²) in [5, 5.41) is 22.1. The third kappa shape index (κ3) is 4.93. The Bertz CT molecular complexity index is 948. The van der Waals surface area contributed by atoms with Crippen LogP contribution in [-0.2, 0) is 10.0 Å². The number of carboxylic acids is 1. The maximum absolute atomic E-state index is 12.4. The number of hydrogen-bond acceptors (Lipinski definition) is 6. The number of carbonyl (C=O) groups excluding carboxylic acids is 1. The van der Waals surface area contributed by atoms with Crippen molar-refractivity contribution in [1.29, 1.82) is 0 Å². The van der Waals surface area contributed by atoms with E-state index in [4.69, 9.17) is 11.6 Å². The molecule has 0 radical (unpaired) electrons. The van der Waals surface area contributed by atoms with Crippen molar-refractivity contribution in [2.75, 3.05) is 4.72 Å². The number of carboxylic acid groups (broad SMARTS) is 1. The van der Waals surface area contributed by atoms with Gasteiger partial charge in [-0.2, -0.15) is 0 Å². The fraction of sp³-hybridized carbons (Fsp3) is 0.0714. The molecule has 0 spiro atoms. The maximum atomic E-state index is 12.4. The minimum Gasteiger partial charge on any atom is -0.545 e. The van der Waals surface area contributed by atoms with E-state index in [2.05, 4.69) is 4.72 Å². The Kier molecular flexibility index (Phi) is 6.98. The normalized spacial score (nSPS) is 10.6. The summed E-state index contributed by atoms with van der Waals surface area (Å²) in [7, 11) is -4.26. The van der Waals surface area contributed by atoms with E-state index in [1.165, 1.54) is 19.1 Å². The van der Waals surface area contributed by atoms with Crippen LogP contribution in [0, 0.1) is 17.0 Å². The summed E-state index contributed by atoms with van der Waals surface area (Å²) in [6, 6.07) is 6.68. The molecule has 25 heavy (non-hydrogen) atoms. The molecule has 2 aromatic rings. The number of halogens is 1. The number of nitro groups is 1. The number of hydrogen-bond donors (Lipinski definition) is 1. The van der Waals surface area contributed by atoms with Crippen LogP contribution in [0.4, 0.5) is 11.4 Å². The monoisotopic (exact) mass is 392 g/mol. The molecular formula is C14H10ClN2NaO6S. The molecule has 0 aliphatic carbocycles. The maximum Gasteiger partial charge on any atom is 1.00 e. The van der Waals surface area contributed by atoms with Crippen molar-refractivity contribution >= 4 is 39.0 Å². The molecule has 0 atom stereocenters. The van der Waals surface area contributed by atoms with Crippen LogP contribution < -0.4 is 39.4 Å². The fourth-order valence-corrected chi connectivity index (χ4v) is 3.17. The number of aryl methyl sites for hydroxylation is 1. The first-order chi connectivity index (χ1) is 11.1. The number of rotatable bonds is 5. The zero-order chi connectivity index (χ0) is 18.1. The van der Waals surface area contributed by atoms with E-state index in [0.717, 1.165) is 24.3 Å². The third-order valence-electron chi connectivity index (χ3n) is 3.10. The molecular weight excluding hydrogens is 383 g/mol. The summed E-state index contributed by atoms with van der Waals surface area (Å²) >= 11 is 5.89. The van der Waals surface area contributed by atoms with Gasteiger partial charge in [0.1, 0.15) is 5.69 Å². The standard InChI is InChI=1S/C14H11ClN2O6S.Na/c1-8-5-13(17(20)21)12(7-11(8)15)16-24(22,23)10-4-2-3-9(6-10)14(18)19;/h2-7,16H,1H3,(H,18,19);/q;+1/p-1. The van der Waals surface area contributed by atoms with Crippen molar-refractivity contribution in [2.45, 2.75) is 11.8 Å². The number of sulfonamides is 1. The molecule has 0 fully saturated rings. The van der Waals surface area contributed by atoms with E-state index in [-0.39, 0.29) is 50.7 Å². The van der Waals surface area contributed by atoms with Crippen LogP contribution in [-0.4, -0.2) is 19.3 Å². The molecule has 0 aliphatic heterocycles. The van der Waals surface area contributed by atoms with Crippen molar-refractivity contribution in [3.63, 3.8) is 0 Å². The van der Waals surface area contributed by atoms with Crippen LogP contribution in [0.1, 0.15) is 15.9 Å². The first-order valence-electron chi connectivity index (χ1n) is 6.40. The third-order valence-corrected chi connectivity index (χ3v) is 4.87. The average Bonchev–Trinajstić information content (AvgIpc) is 2.50. The smallest absolute Gasteiger partial charge is 0.545 e. The number of anilines is 1. The molecule has 0 heterocycles. The fourth-order valence-electron chi connectivity index (χ4n) is 1.89. The Balaban J connectivity index is 0.00000312. The van der Waals surface area contributed by atoms with E-state index in [9.17, 15) is 28.4 Å². The molecule has 0 aliphatic rings. The molecule has 0 saturated heterocycles. The number of nitro benzene ring substituents is 1. The molecule has 0 amide bonds. The van der Waals surface area contributed by atoms with Crippen LogP contribution in [0.15, 0.2) is 41.3 Å². The van der Waals surface area contributed by atoms with E-state index >= 15 is 0 Å². The predicted molar refractivity (Wildman–Crippen MR) is 84.4 cm³/mol. The summed E-state index contributed by atoms with van der Waals surface area (Å²) in [4.78, 5) is 20.8. The van der Waals surface area contributed by atoms with Crippen LogP contribution in [0.2, 0.25) is 5.02 Å². The van der Waals surface area contributed by atoms with Gasteiger partial charge in [0.15, 0.2) is 0 Å². The van der Waals surface area contributed by atoms with Crippen LogP contribution in [0.5, 0.6) is 0 Å². The Hall–Kier alpha value is -1.65. The van der Waals surface area contributed by atoms with Crippen molar-refractivity contribution in [2.24, 2.45) is 0 Å². The Morgan fingerprint density at radius 3 is 2.44 bits per heavy atom. The van der Waals surface area contributed by atoms with Crippen molar-refractivity contribution < 1.29 is 52.8 Å². The van der Waals surface area contributed by atoms with Gasteiger partial charge in [-0.3, -0.25) is 14.8 Å². The van der Waals surface area contributed by atoms with Gasteiger partial charge in [0, 0.05) is 11.1 Å². The minimum atomic E-state index is -4.26. The Morgan fingerprint density at radius 2 is 1.88 bits per heavy atom. The first kappa shape index (κ1) is 21.4. The molecule has 2 rings (SSSR count). The molecule has 126 valence electrons. The Labute approximate surface area is 170 Å². The molecule has 8 nitrogen and oxygen atoms in total. The van der Waals surface area contributed by atoms with Crippen LogP contribution >= 0.6 is 11.6 Å². The number of carbonyl (C=O) groups is 1. The van der Waals surface area contributed by atoms with Gasteiger partial charge in [-0.25, -0.2) is 8.42 Å². The second-order valence-corrected chi connectivity index (χ2v) is 6.89. The van der Waals surface area contributed by atoms with Crippen LogP contribution in [0.3, 0.4) is 0 Å². The van der Waals surface area contributed by atoms with E-state index in [1.54, 1.807) is 0 Å². The number of benzene rings is 2. The zero-order valence-corrected chi connectivity index (χ0v) is 16.7. The molecule has 0 saturated carbocycles. The van der Waals surface area contributed by atoms with E-state index in [0.29, 0.717) is 5.56 Å². The number of nitrogens with zero attached hydrogens (tertiary/aromatic N) is 1. The number of nitrogens with one attached hydrogen (secondary N) is 1. The van der Waals surface area contributed by atoms with E-state index in [1.807, 2.05) is 0 Å². The molecule has 0 bridgehead atoms. The van der Waals surface area contributed by atoms with Gasteiger partial charge in [0.05, 0.1) is 15.8 Å². The van der Waals surface area contributed by atoms with Crippen molar-refractivity contribution in [3.8, 4) is 0 Å². The average molecular weight is 393 g/mol. The van der Waals surface area contributed by atoms with Gasteiger partial charge in [-0.15, -0.1) is 0 Å². The van der Waals surface area contributed by atoms with Gasteiger partial charge in [-0.1, -0.05) is 23.7 Å². The largest absolute Gasteiger partial charge is 1.00 e. The minimum absolute atomic E-state index is 0. The summed E-state index contributed by atoms with van der Waals surface area (Å²) in [6.07, 6.45) is 0. The summed E-state index contributed by atoms with van der Waals surface area (Å²) in [5.41, 5.74) is -0.731. The molecule has 2 aromatic carbocycles. The van der Waals surface area contributed by atoms with Gasteiger partial charge in [-0.05, 0) is 36.2 Å². The van der Waals surface area contributed by atoms with Gasteiger partial charge in [0.2, 0.25) is 0 Å². The first-order valence-corrected chi connectivity index (χ1v) is 8.26. The topological polar surface area (TPSA) is 129 Å². The second kappa shape index (κ2) is 8.15. The quantitative estimate of drug-likeness (QED) is 0.383. The van der Waals surface area contributed by atoms with Gasteiger partial charge in [0.25, 0.3) is 15.7 Å². The number of aromatic carboxylic acids is 1. The van der Waals surface area contributed by atoms with Crippen LogP contribution in [0.25, 0.3) is 0 Å². The summed E-state index contributed by atoms with van der Waals surface area (Å²) in [6.45, 7) is 1.54. The summed E-state index contributed by atoms with van der Waals surface area (Å²) in [5.74, 6) is -1.54. The molecule has 0 aromatic heterocycles. The van der Waals surface area contributed by atoms with Gasteiger partial charge < -0.3 is 9.90 Å². The molecule has 11 heteroatoms. The molecule has 0 unspecified atom stereocenters. The van der Waals surface area contributed by atoms with Gasteiger partial charge >= 0.3 is 29.6 Å². The van der Waals surface area contributed by atoms with Crippen molar-refractivity contribution in [3.05, 3.63) is 62.7 Å². The van der Waals surface area contributed by atoms with Crippen molar-refractivity contribution in [1.82, 2.24) is 0 Å².